The number of fused-ring (bicyclic) bond motifs is 1. The highest BCUT2D eigenvalue weighted by molar-refractivity contribution is 6.11. The van der Waals surface area contributed by atoms with Gasteiger partial charge in [0, 0.05) is 16.5 Å². The van der Waals surface area contributed by atoms with Gasteiger partial charge in [-0.05, 0) is 53.7 Å². The van der Waals surface area contributed by atoms with Gasteiger partial charge in [0.2, 0.25) is 5.82 Å². The third-order valence-corrected chi connectivity index (χ3v) is 5.39. The van der Waals surface area contributed by atoms with E-state index in [1.165, 1.54) is 6.07 Å². The maximum Gasteiger partial charge on any atom is 0.272 e. The second-order valence-corrected chi connectivity index (χ2v) is 7.66. The smallest absolute Gasteiger partial charge is 0.272 e. The minimum absolute atomic E-state index is 0.226. The van der Waals surface area contributed by atoms with Crippen molar-refractivity contribution >= 4 is 34.1 Å². The van der Waals surface area contributed by atoms with Crippen LogP contribution in [0.25, 0.3) is 22.3 Å². The molecule has 4 N–H and O–H groups in total. The van der Waals surface area contributed by atoms with Crippen molar-refractivity contribution in [2.75, 3.05) is 10.6 Å². The maximum atomic E-state index is 13.1. The Morgan fingerprint density at radius 1 is 0.833 bits per heavy atom. The van der Waals surface area contributed by atoms with E-state index in [0.717, 1.165) is 0 Å². The number of amides is 2. The molecular formula is C25H15N9O2. The first kappa shape index (κ1) is 22.0. The van der Waals surface area contributed by atoms with Crippen molar-refractivity contribution in [1.29, 1.82) is 10.5 Å². The lowest BCUT2D eigenvalue weighted by molar-refractivity contribution is 0.101. The number of hydrogen-bond acceptors (Lipinski definition) is 7. The molecule has 0 unspecified atom stereocenters. The number of nitrogens with zero attached hydrogens (tertiary/aromatic N) is 5. The SMILES string of the molecule is N#Cc1cccc(C(=O)Nc2cccc3cc(C(=O)Nc4ccc(C#N)cc4-c4nn[nH]n4)[nH]c23)c1. The lowest BCUT2D eigenvalue weighted by atomic mass is 10.1. The molecule has 5 aromatic rings. The zero-order valence-corrected chi connectivity index (χ0v) is 18.4. The third-order valence-electron chi connectivity index (χ3n) is 5.39. The highest BCUT2D eigenvalue weighted by atomic mass is 16.2. The van der Waals surface area contributed by atoms with E-state index in [9.17, 15) is 14.9 Å². The molecule has 0 spiro atoms. The average molecular weight is 473 g/mol. The number of nitriles is 2. The van der Waals surface area contributed by atoms with E-state index in [1.807, 2.05) is 12.1 Å². The average Bonchev–Trinajstić information content (AvgIpc) is 3.60. The molecule has 0 aliphatic rings. The number of para-hydroxylation sites is 1. The van der Waals surface area contributed by atoms with E-state index in [1.54, 1.807) is 60.7 Å². The van der Waals surface area contributed by atoms with Gasteiger partial charge < -0.3 is 15.6 Å². The molecule has 11 heteroatoms. The summed E-state index contributed by atoms with van der Waals surface area (Å²) in [7, 11) is 0. The van der Waals surface area contributed by atoms with Crippen LogP contribution in [0.5, 0.6) is 0 Å². The molecule has 3 aromatic carbocycles. The van der Waals surface area contributed by atoms with Crippen molar-refractivity contribution in [3.05, 3.63) is 89.1 Å². The summed E-state index contributed by atoms with van der Waals surface area (Å²) in [5.74, 6) is -0.605. The maximum absolute atomic E-state index is 13.1. The molecule has 0 aliphatic carbocycles. The summed E-state index contributed by atoms with van der Waals surface area (Å²) in [6.07, 6.45) is 0. The van der Waals surface area contributed by atoms with Gasteiger partial charge in [-0.3, -0.25) is 9.59 Å². The topological polar surface area (TPSA) is 176 Å². The molecule has 0 aliphatic heterocycles. The molecular weight excluding hydrogens is 458 g/mol. The van der Waals surface area contributed by atoms with Gasteiger partial charge in [0.25, 0.3) is 11.8 Å². The summed E-state index contributed by atoms with van der Waals surface area (Å²) in [5, 5.41) is 38.4. The van der Waals surface area contributed by atoms with Gasteiger partial charge in [0.1, 0.15) is 5.69 Å². The predicted octanol–water partition coefficient (Wildman–Crippen LogP) is 3.60. The van der Waals surface area contributed by atoms with Crippen molar-refractivity contribution in [3.63, 3.8) is 0 Å². The molecule has 5 rings (SSSR count). The van der Waals surface area contributed by atoms with Crippen LogP contribution in [-0.2, 0) is 0 Å². The Bertz CT molecular complexity index is 1710. The number of benzene rings is 3. The molecule has 0 fully saturated rings. The van der Waals surface area contributed by atoms with E-state index in [2.05, 4.69) is 36.2 Å². The minimum Gasteiger partial charge on any atom is -0.349 e. The fourth-order valence-corrected chi connectivity index (χ4v) is 3.68. The normalized spacial score (nSPS) is 10.4. The van der Waals surface area contributed by atoms with Crippen LogP contribution in [0.15, 0.2) is 66.7 Å². The first-order valence-electron chi connectivity index (χ1n) is 10.6. The van der Waals surface area contributed by atoms with Crippen LogP contribution in [-0.4, -0.2) is 37.4 Å². The summed E-state index contributed by atoms with van der Waals surface area (Å²) in [4.78, 5) is 28.9. The van der Waals surface area contributed by atoms with Gasteiger partial charge >= 0.3 is 0 Å². The molecule has 2 heterocycles. The number of anilines is 2. The molecule has 0 saturated heterocycles. The first-order valence-corrected chi connectivity index (χ1v) is 10.6. The number of carbonyl (C=O) groups excluding carboxylic acids is 2. The van der Waals surface area contributed by atoms with Crippen molar-refractivity contribution in [1.82, 2.24) is 25.6 Å². The number of tetrazole rings is 1. The van der Waals surface area contributed by atoms with Gasteiger partial charge in [-0.1, -0.05) is 18.2 Å². The molecule has 0 bridgehead atoms. The second-order valence-electron chi connectivity index (χ2n) is 7.66. The molecule has 0 radical (unpaired) electrons. The van der Waals surface area contributed by atoms with Crippen LogP contribution in [0, 0.1) is 22.7 Å². The highest BCUT2D eigenvalue weighted by Gasteiger charge is 2.17. The molecule has 11 nitrogen and oxygen atoms in total. The number of hydrogen-bond donors (Lipinski definition) is 4. The fourth-order valence-electron chi connectivity index (χ4n) is 3.68. The van der Waals surface area contributed by atoms with E-state index in [-0.39, 0.29) is 17.4 Å². The molecule has 2 amide bonds. The van der Waals surface area contributed by atoms with Gasteiger partial charge in [-0.25, -0.2) is 0 Å². The second kappa shape index (κ2) is 9.21. The number of rotatable bonds is 5. The van der Waals surface area contributed by atoms with Crippen LogP contribution in [0.4, 0.5) is 11.4 Å². The Hall–Kier alpha value is -5.81. The zero-order chi connectivity index (χ0) is 25.1. The lowest BCUT2D eigenvalue weighted by Gasteiger charge is -2.09. The standard InChI is InChI=1S/C25H15N9O2/c26-12-14-3-1-5-17(9-14)24(35)30-20-6-2-4-16-11-21(28-22(16)20)25(36)29-19-8-7-15(13-27)10-18(19)23-31-33-34-32-23/h1-11,28H,(H,29,36)(H,30,35)(H,31,32,33,34). The van der Waals surface area contributed by atoms with Crippen LogP contribution < -0.4 is 10.6 Å². The third kappa shape index (κ3) is 4.23. The largest absolute Gasteiger partial charge is 0.349 e. The first-order chi connectivity index (χ1) is 17.6. The number of nitrogens with one attached hydrogen (secondary N) is 4. The number of H-pyrrole nitrogens is 2. The van der Waals surface area contributed by atoms with Crippen molar-refractivity contribution in [3.8, 4) is 23.5 Å². The van der Waals surface area contributed by atoms with E-state index in [0.29, 0.717) is 44.5 Å². The van der Waals surface area contributed by atoms with Crippen molar-refractivity contribution in [2.24, 2.45) is 0 Å². The monoisotopic (exact) mass is 473 g/mol. The van der Waals surface area contributed by atoms with E-state index in [4.69, 9.17) is 5.26 Å². The molecule has 2 aromatic heterocycles. The molecule has 0 saturated carbocycles. The molecule has 0 atom stereocenters. The summed E-state index contributed by atoms with van der Waals surface area (Å²) in [5.41, 5.74) is 3.20. The Kier molecular flexibility index (Phi) is 5.63. The van der Waals surface area contributed by atoms with Gasteiger partial charge in [-0.2, -0.15) is 15.7 Å². The Morgan fingerprint density at radius 3 is 2.39 bits per heavy atom. The molecule has 172 valence electrons. The summed E-state index contributed by atoms with van der Waals surface area (Å²) in [6, 6.07) is 22.1. The quantitative estimate of drug-likeness (QED) is 0.301. The summed E-state index contributed by atoms with van der Waals surface area (Å²) in [6.45, 7) is 0. The van der Waals surface area contributed by atoms with Crippen LogP contribution in [0.2, 0.25) is 0 Å². The van der Waals surface area contributed by atoms with E-state index >= 15 is 0 Å². The number of aromatic amines is 2. The summed E-state index contributed by atoms with van der Waals surface area (Å²) >= 11 is 0. The minimum atomic E-state index is -0.445. The van der Waals surface area contributed by atoms with Crippen LogP contribution in [0.3, 0.4) is 0 Å². The number of carbonyl (C=O) groups is 2. The van der Waals surface area contributed by atoms with Crippen molar-refractivity contribution < 1.29 is 9.59 Å². The molecule has 36 heavy (non-hydrogen) atoms. The van der Waals surface area contributed by atoms with Gasteiger partial charge in [-0.15, -0.1) is 10.2 Å². The Labute approximate surface area is 203 Å². The lowest BCUT2D eigenvalue weighted by Crippen LogP contribution is -2.14. The predicted molar refractivity (Wildman–Crippen MR) is 130 cm³/mol. The van der Waals surface area contributed by atoms with Crippen LogP contribution >= 0.6 is 0 Å². The fraction of sp³-hybridized carbons (Fsp3) is 0. The Balaban J connectivity index is 1.43. The van der Waals surface area contributed by atoms with Crippen molar-refractivity contribution in [2.45, 2.75) is 0 Å². The van der Waals surface area contributed by atoms with Gasteiger partial charge in [0.15, 0.2) is 0 Å². The highest BCUT2D eigenvalue weighted by Crippen LogP contribution is 2.28. The van der Waals surface area contributed by atoms with Crippen LogP contribution in [0.1, 0.15) is 32.0 Å². The van der Waals surface area contributed by atoms with E-state index < -0.39 is 5.91 Å². The zero-order valence-electron chi connectivity index (χ0n) is 18.4. The number of aromatic nitrogens is 5. The Morgan fingerprint density at radius 2 is 1.61 bits per heavy atom. The van der Waals surface area contributed by atoms with Gasteiger partial charge in [0.05, 0.1) is 40.2 Å². The summed E-state index contributed by atoms with van der Waals surface area (Å²) < 4.78 is 0.